The van der Waals surface area contributed by atoms with Crippen molar-refractivity contribution in [2.24, 2.45) is 0 Å². The van der Waals surface area contributed by atoms with Crippen molar-refractivity contribution in [3.05, 3.63) is 59.8 Å². The number of likely N-dealkylation sites (tertiary alicyclic amines) is 1. The van der Waals surface area contributed by atoms with Gasteiger partial charge in [0, 0.05) is 62.9 Å². The molecule has 0 unspecified atom stereocenters. The van der Waals surface area contributed by atoms with Crippen LogP contribution in [-0.4, -0.2) is 82.9 Å². The third-order valence-corrected chi connectivity index (χ3v) is 7.99. The molecule has 204 valence electrons. The highest BCUT2D eigenvalue weighted by Crippen LogP contribution is 2.33. The summed E-state index contributed by atoms with van der Waals surface area (Å²) in [7, 11) is 0. The van der Waals surface area contributed by atoms with Gasteiger partial charge in [-0.05, 0) is 36.6 Å². The number of rotatable bonds is 6. The van der Waals surface area contributed by atoms with E-state index < -0.39 is 11.7 Å². The van der Waals surface area contributed by atoms with E-state index in [1.54, 1.807) is 11.1 Å². The number of para-hydroxylation sites is 1. The molecule has 6 rings (SSSR count). The molecule has 0 aliphatic carbocycles. The molecule has 4 heterocycles. The number of amides is 2. The van der Waals surface area contributed by atoms with Gasteiger partial charge in [0.15, 0.2) is 11.5 Å². The molecule has 2 saturated heterocycles. The largest absolute Gasteiger partial charge is 0.454 e. The van der Waals surface area contributed by atoms with Gasteiger partial charge < -0.3 is 23.8 Å². The van der Waals surface area contributed by atoms with Crippen molar-refractivity contribution in [2.75, 3.05) is 46.1 Å². The summed E-state index contributed by atoms with van der Waals surface area (Å²) in [6, 6.07) is 13.5. The summed E-state index contributed by atoms with van der Waals surface area (Å²) in [4.78, 5) is 45.7. The van der Waals surface area contributed by atoms with Crippen LogP contribution in [0.4, 0.5) is 0 Å². The van der Waals surface area contributed by atoms with E-state index in [0.29, 0.717) is 37.1 Å². The average Bonchev–Trinajstić information content (AvgIpc) is 3.47. The van der Waals surface area contributed by atoms with Gasteiger partial charge in [-0.1, -0.05) is 37.1 Å². The summed E-state index contributed by atoms with van der Waals surface area (Å²) in [5.74, 6) is 0.581. The van der Waals surface area contributed by atoms with Crippen molar-refractivity contribution >= 4 is 28.5 Å². The summed E-state index contributed by atoms with van der Waals surface area (Å²) < 4.78 is 12.7. The van der Waals surface area contributed by atoms with Crippen molar-refractivity contribution < 1.29 is 23.9 Å². The number of aromatic nitrogens is 1. The maximum Gasteiger partial charge on any atom is 0.295 e. The van der Waals surface area contributed by atoms with E-state index >= 15 is 0 Å². The summed E-state index contributed by atoms with van der Waals surface area (Å²) in [6.45, 7) is 5.06. The van der Waals surface area contributed by atoms with Crippen LogP contribution in [0.1, 0.15) is 41.6 Å². The number of ketones is 1. The van der Waals surface area contributed by atoms with Crippen molar-refractivity contribution in [3.63, 3.8) is 0 Å². The number of carbonyl (C=O) groups excluding carboxylic acids is 3. The van der Waals surface area contributed by atoms with Crippen molar-refractivity contribution in [1.29, 1.82) is 0 Å². The lowest BCUT2D eigenvalue weighted by Crippen LogP contribution is -2.50. The zero-order valence-electron chi connectivity index (χ0n) is 22.1. The van der Waals surface area contributed by atoms with Gasteiger partial charge in [-0.3, -0.25) is 19.3 Å². The Bertz CT molecular complexity index is 1380. The summed E-state index contributed by atoms with van der Waals surface area (Å²) in [5.41, 5.74) is 2.28. The number of ether oxygens (including phenoxy) is 2. The minimum absolute atomic E-state index is 0.0570. The molecule has 2 aromatic carbocycles. The number of hydrogen-bond donors (Lipinski definition) is 0. The van der Waals surface area contributed by atoms with E-state index in [1.807, 2.05) is 51.9 Å². The van der Waals surface area contributed by atoms with Crippen LogP contribution in [0.5, 0.6) is 11.5 Å². The molecule has 3 aromatic rings. The first-order valence-corrected chi connectivity index (χ1v) is 13.9. The fraction of sp³-hybridized carbons (Fsp3) is 0.433. The first-order valence-electron chi connectivity index (χ1n) is 13.9. The highest BCUT2D eigenvalue weighted by molar-refractivity contribution is 6.44. The number of carbonyl (C=O) groups is 3. The minimum atomic E-state index is -0.517. The van der Waals surface area contributed by atoms with Gasteiger partial charge in [-0.2, -0.15) is 0 Å². The first kappa shape index (κ1) is 25.4. The lowest BCUT2D eigenvalue weighted by Gasteiger charge is -2.34. The molecule has 3 aliphatic rings. The molecule has 3 aliphatic heterocycles. The smallest absolute Gasteiger partial charge is 0.295 e. The second kappa shape index (κ2) is 11.1. The maximum absolute atomic E-state index is 13.4. The van der Waals surface area contributed by atoms with Crippen molar-refractivity contribution in [2.45, 2.75) is 38.8 Å². The monoisotopic (exact) mass is 530 g/mol. The minimum Gasteiger partial charge on any atom is -0.454 e. The van der Waals surface area contributed by atoms with Gasteiger partial charge in [-0.15, -0.1) is 0 Å². The Morgan fingerprint density at radius 2 is 1.51 bits per heavy atom. The SMILES string of the molecule is O=C(C(=O)N1CCN(Cc2ccc3c(c2)OCO3)CC1)c1cn(CC(=O)N2CCCCCC2)c2ccccc12. The molecule has 0 atom stereocenters. The Balaban J connectivity index is 1.11. The number of benzene rings is 2. The van der Waals surface area contributed by atoms with Crippen LogP contribution in [0.2, 0.25) is 0 Å². The zero-order chi connectivity index (χ0) is 26.8. The molecule has 1 aromatic heterocycles. The summed E-state index contributed by atoms with van der Waals surface area (Å²) in [5, 5.41) is 0.709. The third kappa shape index (κ3) is 5.36. The Hall–Kier alpha value is -3.85. The molecule has 0 bridgehead atoms. The van der Waals surface area contributed by atoms with E-state index in [1.165, 1.54) is 0 Å². The zero-order valence-corrected chi connectivity index (χ0v) is 22.1. The molecule has 2 fully saturated rings. The molecular formula is C30H34N4O5. The molecular weight excluding hydrogens is 496 g/mol. The predicted molar refractivity (Wildman–Crippen MR) is 146 cm³/mol. The topological polar surface area (TPSA) is 84.3 Å². The van der Waals surface area contributed by atoms with Crippen molar-refractivity contribution in [1.82, 2.24) is 19.3 Å². The maximum atomic E-state index is 13.4. The Morgan fingerprint density at radius 3 is 2.31 bits per heavy atom. The summed E-state index contributed by atoms with van der Waals surface area (Å²) in [6.07, 6.45) is 6.06. The fourth-order valence-corrected chi connectivity index (χ4v) is 5.79. The molecule has 9 heteroatoms. The first-order chi connectivity index (χ1) is 19.1. The number of hydrogen-bond acceptors (Lipinski definition) is 6. The van der Waals surface area contributed by atoms with Crippen molar-refractivity contribution in [3.8, 4) is 11.5 Å². The highest BCUT2D eigenvalue weighted by atomic mass is 16.7. The fourth-order valence-electron chi connectivity index (χ4n) is 5.79. The van der Waals surface area contributed by atoms with Crippen LogP contribution < -0.4 is 9.47 Å². The average molecular weight is 531 g/mol. The van der Waals surface area contributed by atoms with Gasteiger partial charge in [0.25, 0.3) is 11.7 Å². The van der Waals surface area contributed by atoms with E-state index in [2.05, 4.69) is 4.90 Å². The van der Waals surface area contributed by atoms with Crippen LogP contribution >= 0.6 is 0 Å². The van der Waals surface area contributed by atoms with Crippen LogP contribution in [0.25, 0.3) is 10.9 Å². The number of Topliss-reactive ketones (excluding diaryl/α,β-unsaturated/α-hetero) is 1. The van der Waals surface area contributed by atoms with Gasteiger partial charge in [-0.25, -0.2) is 0 Å². The molecule has 0 N–H and O–H groups in total. The molecule has 0 radical (unpaired) electrons. The molecule has 0 saturated carbocycles. The quantitative estimate of drug-likeness (QED) is 0.359. The Morgan fingerprint density at radius 1 is 0.769 bits per heavy atom. The van der Waals surface area contributed by atoms with Crippen LogP contribution in [0, 0.1) is 0 Å². The second-order valence-electron chi connectivity index (χ2n) is 10.6. The molecule has 9 nitrogen and oxygen atoms in total. The highest BCUT2D eigenvalue weighted by Gasteiger charge is 2.29. The number of nitrogens with zero attached hydrogens (tertiary/aromatic N) is 4. The van der Waals surface area contributed by atoms with Gasteiger partial charge in [0.2, 0.25) is 12.7 Å². The third-order valence-electron chi connectivity index (χ3n) is 7.99. The van der Waals surface area contributed by atoms with Crippen LogP contribution in [0.15, 0.2) is 48.7 Å². The predicted octanol–water partition coefficient (Wildman–Crippen LogP) is 3.30. The number of piperazine rings is 1. The van der Waals surface area contributed by atoms with Crippen LogP contribution in [0.3, 0.4) is 0 Å². The van der Waals surface area contributed by atoms with Gasteiger partial charge in [0.1, 0.15) is 6.54 Å². The molecule has 2 amide bonds. The van der Waals surface area contributed by atoms with Gasteiger partial charge >= 0.3 is 0 Å². The molecule has 0 spiro atoms. The second-order valence-corrected chi connectivity index (χ2v) is 10.6. The molecule has 39 heavy (non-hydrogen) atoms. The van der Waals surface area contributed by atoms with Gasteiger partial charge in [0.05, 0.1) is 5.56 Å². The number of fused-ring (bicyclic) bond motifs is 2. The lowest BCUT2D eigenvalue weighted by atomic mass is 10.1. The Labute approximate surface area is 227 Å². The Kier molecular flexibility index (Phi) is 7.24. The van der Waals surface area contributed by atoms with E-state index in [9.17, 15) is 14.4 Å². The lowest BCUT2D eigenvalue weighted by molar-refractivity contribution is -0.131. The van der Waals surface area contributed by atoms with E-state index in [-0.39, 0.29) is 19.2 Å². The normalized spacial score (nSPS) is 17.8. The van der Waals surface area contributed by atoms with E-state index in [4.69, 9.17) is 9.47 Å². The standard InChI is InChI=1S/C30H34N4O5/c35-28(32-11-5-1-2-6-12-32)20-34-19-24(23-7-3-4-8-25(23)34)29(36)30(37)33-15-13-31(14-16-33)18-22-9-10-26-27(17-22)39-21-38-26/h3-4,7-10,17,19H,1-2,5-6,11-16,18,20-21H2. The van der Waals surface area contributed by atoms with E-state index in [0.717, 1.165) is 67.9 Å². The van der Waals surface area contributed by atoms with Crippen LogP contribution in [-0.2, 0) is 22.7 Å². The summed E-state index contributed by atoms with van der Waals surface area (Å²) >= 11 is 0.